The first-order valence-corrected chi connectivity index (χ1v) is 7.89. The van der Waals surface area contributed by atoms with Crippen LogP contribution in [0.25, 0.3) is 11.1 Å². The van der Waals surface area contributed by atoms with Crippen molar-refractivity contribution in [1.82, 2.24) is 4.98 Å². The highest BCUT2D eigenvalue weighted by Gasteiger charge is 2.36. The van der Waals surface area contributed by atoms with Crippen LogP contribution in [-0.2, 0) is 12.4 Å². The SMILES string of the molecule is O=C(Nc1ccccc1-c1cccc(C(F)(F)F)c1)c1c[nH]cc1C(F)(F)F. The molecule has 0 aliphatic rings. The van der Waals surface area contributed by atoms with Crippen molar-refractivity contribution in [3.05, 3.63) is 77.6 Å². The maximum Gasteiger partial charge on any atom is 0.418 e. The van der Waals surface area contributed by atoms with Gasteiger partial charge in [0.25, 0.3) is 5.91 Å². The molecule has 146 valence electrons. The van der Waals surface area contributed by atoms with Gasteiger partial charge in [0.15, 0.2) is 0 Å². The molecule has 0 spiro atoms. The molecule has 0 atom stereocenters. The molecule has 2 aromatic carbocycles. The van der Waals surface area contributed by atoms with Crippen LogP contribution in [0.15, 0.2) is 60.9 Å². The Bertz CT molecular complexity index is 1000. The number of benzene rings is 2. The normalized spacial score (nSPS) is 12.1. The highest BCUT2D eigenvalue weighted by atomic mass is 19.4. The number of anilines is 1. The van der Waals surface area contributed by atoms with Crippen molar-refractivity contribution in [1.29, 1.82) is 0 Å². The second-order valence-electron chi connectivity index (χ2n) is 5.86. The van der Waals surface area contributed by atoms with E-state index in [4.69, 9.17) is 0 Å². The minimum atomic E-state index is -4.73. The number of aromatic nitrogens is 1. The van der Waals surface area contributed by atoms with E-state index in [-0.39, 0.29) is 16.8 Å². The van der Waals surface area contributed by atoms with Crippen LogP contribution in [0.4, 0.5) is 32.0 Å². The Kier molecular flexibility index (Phi) is 4.93. The summed E-state index contributed by atoms with van der Waals surface area (Å²) in [6.07, 6.45) is -7.72. The molecule has 3 aromatic rings. The van der Waals surface area contributed by atoms with Crippen molar-refractivity contribution in [2.45, 2.75) is 12.4 Å². The van der Waals surface area contributed by atoms with Crippen LogP contribution in [0.5, 0.6) is 0 Å². The highest BCUT2D eigenvalue weighted by Crippen LogP contribution is 2.35. The predicted octanol–water partition coefficient (Wildman–Crippen LogP) is 5.97. The number of hydrogen-bond donors (Lipinski definition) is 2. The van der Waals surface area contributed by atoms with Crippen LogP contribution in [0.2, 0.25) is 0 Å². The zero-order valence-corrected chi connectivity index (χ0v) is 13.9. The average Bonchev–Trinajstić information content (AvgIpc) is 3.12. The molecule has 0 unspecified atom stereocenters. The molecule has 3 rings (SSSR count). The molecule has 0 fully saturated rings. The average molecular weight is 398 g/mol. The second-order valence-corrected chi connectivity index (χ2v) is 5.86. The maximum atomic E-state index is 13.0. The third kappa shape index (κ3) is 4.03. The fourth-order valence-corrected chi connectivity index (χ4v) is 2.68. The lowest BCUT2D eigenvalue weighted by Crippen LogP contribution is -2.17. The molecule has 28 heavy (non-hydrogen) atoms. The summed E-state index contributed by atoms with van der Waals surface area (Å²) in [7, 11) is 0. The molecule has 1 amide bonds. The number of amides is 1. The van der Waals surface area contributed by atoms with E-state index in [1.54, 1.807) is 6.07 Å². The third-order valence-corrected chi connectivity index (χ3v) is 3.97. The smallest absolute Gasteiger partial charge is 0.366 e. The van der Waals surface area contributed by atoms with Gasteiger partial charge >= 0.3 is 12.4 Å². The predicted molar refractivity (Wildman–Crippen MR) is 90.6 cm³/mol. The molecule has 9 heteroatoms. The zero-order valence-electron chi connectivity index (χ0n) is 13.9. The van der Waals surface area contributed by atoms with Gasteiger partial charge < -0.3 is 10.3 Å². The lowest BCUT2D eigenvalue weighted by molar-refractivity contribution is -0.138. The Balaban J connectivity index is 1.97. The van der Waals surface area contributed by atoms with Crippen LogP contribution < -0.4 is 5.32 Å². The van der Waals surface area contributed by atoms with Gasteiger partial charge in [-0.2, -0.15) is 26.3 Å². The second kappa shape index (κ2) is 7.06. The van der Waals surface area contributed by atoms with Crippen molar-refractivity contribution in [2.75, 3.05) is 5.32 Å². The van der Waals surface area contributed by atoms with Gasteiger partial charge in [-0.05, 0) is 23.8 Å². The van der Waals surface area contributed by atoms with Crippen molar-refractivity contribution in [3.63, 3.8) is 0 Å². The summed E-state index contributed by atoms with van der Waals surface area (Å²) in [5, 5.41) is 2.34. The van der Waals surface area contributed by atoms with E-state index < -0.39 is 35.0 Å². The maximum absolute atomic E-state index is 13.0. The number of alkyl halides is 6. The molecule has 0 aliphatic heterocycles. The number of aromatic amines is 1. The van der Waals surface area contributed by atoms with Gasteiger partial charge in [0.2, 0.25) is 0 Å². The molecular weight excluding hydrogens is 386 g/mol. The highest BCUT2D eigenvalue weighted by molar-refractivity contribution is 6.07. The summed E-state index contributed by atoms with van der Waals surface area (Å²) in [4.78, 5) is 14.6. The molecule has 1 heterocycles. The summed E-state index contributed by atoms with van der Waals surface area (Å²) in [6.45, 7) is 0. The molecule has 0 aliphatic carbocycles. The lowest BCUT2D eigenvalue weighted by Gasteiger charge is -2.14. The van der Waals surface area contributed by atoms with Gasteiger partial charge in [-0.15, -0.1) is 0 Å². The summed E-state index contributed by atoms with van der Waals surface area (Å²) >= 11 is 0. The summed E-state index contributed by atoms with van der Waals surface area (Å²) in [5.41, 5.74) is -2.15. The first kappa shape index (κ1) is 19.5. The quantitative estimate of drug-likeness (QED) is 0.525. The molecule has 2 N–H and O–H groups in total. The van der Waals surface area contributed by atoms with E-state index >= 15 is 0 Å². The molecular formula is C19H12F6N2O. The fourth-order valence-electron chi connectivity index (χ4n) is 2.68. The number of nitrogens with one attached hydrogen (secondary N) is 2. The summed E-state index contributed by atoms with van der Waals surface area (Å²) in [5.74, 6) is -1.03. The van der Waals surface area contributed by atoms with E-state index in [2.05, 4.69) is 10.3 Å². The fraction of sp³-hybridized carbons (Fsp3) is 0.105. The number of carbonyl (C=O) groups excluding carboxylic acids is 1. The Morgan fingerprint density at radius 1 is 0.857 bits per heavy atom. The Morgan fingerprint density at radius 3 is 2.25 bits per heavy atom. The minimum Gasteiger partial charge on any atom is -0.366 e. The van der Waals surface area contributed by atoms with Crippen LogP contribution >= 0.6 is 0 Å². The summed E-state index contributed by atoms with van der Waals surface area (Å²) in [6, 6.07) is 10.3. The van der Waals surface area contributed by atoms with E-state index in [9.17, 15) is 31.1 Å². The first-order chi connectivity index (χ1) is 13.1. The number of H-pyrrole nitrogens is 1. The Morgan fingerprint density at radius 2 is 1.57 bits per heavy atom. The van der Waals surface area contributed by atoms with Gasteiger partial charge in [0, 0.05) is 23.6 Å². The van der Waals surface area contributed by atoms with E-state index in [0.717, 1.165) is 18.3 Å². The van der Waals surface area contributed by atoms with Crippen molar-refractivity contribution in [3.8, 4) is 11.1 Å². The topological polar surface area (TPSA) is 44.9 Å². The Hall–Kier alpha value is -3.23. The third-order valence-electron chi connectivity index (χ3n) is 3.97. The van der Waals surface area contributed by atoms with Crippen molar-refractivity contribution >= 4 is 11.6 Å². The van der Waals surface area contributed by atoms with Gasteiger partial charge in [-0.1, -0.05) is 30.3 Å². The number of hydrogen-bond acceptors (Lipinski definition) is 1. The number of carbonyl (C=O) groups is 1. The first-order valence-electron chi connectivity index (χ1n) is 7.89. The molecule has 3 nitrogen and oxygen atoms in total. The van der Waals surface area contributed by atoms with E-state index in [1.807, 2.05) is 0 Å². The largest absolute Gasteiger partial charge is 0.418 e. The van der Waals surface area contributed by atoms with E-state index in [0.29, 0.717) is 6.20 Å². The Labute approximate surface area is 155 Å². The van der Waals surface area contributed by atoms with Gasteiger partial charge in [-0.3, -0.25) is 4.79 Å². The van der Waals surface area contributed by atoms with Crippen LogP contribution in [-0.4, -0.2) is 10.9 Å². The molecule has 0 bridgehead atoms. The van der Waals surface area contributed by atoms with Gasteiger partial charge in [-0.25, -0.2) is 0 Å². The zero-order chi connectivity index (χ0) is 20.5. The monoisotopic (exact) mass is 398 g/mol. The van der Waals surface area contributed by atoms with Gasteiger partial charge in [0.1, 0.15) is 0 Å². The van der Waals surface area contributed by atoms with Crippen LogP contribution in [0.1, 0.15) is 21.5 Å². The summed E-state index contributed by atoms with van der Waals surface area (Å²) < 4.78 is 77.8. The van der Waals surface area contributed by atoms with Crippen molar-refractivity contribution in [2.24, 2.45) is 0 Å². The molecule has 1 aromatic heterocycles. The number of rotatable bonds is 3. The van der Waals surface area contributed by atoms with Crippen molar-refractivity contribution < 1.29 is 31.1 Å². The molecule has 0 radical (unpaired) electrons. The molecule has 0 saturated carbocycles. The standard InChI is InChI=1S/C19H12F6N2O/c20-18(21,22)12-5-3-4-11(8-12)13-6-1-2-7-16(13)27-17(28)14-9-26-10-15(14)19(23,24)25/h1-10,26H,(H,27,28). The van der Waals surface area contributed by atoms with Crippen LogP contribution in [0.3, 0.4) is 0 Å². The van der Waals surface area contributed by atoms with E-state index in [1.165, 1.54) is 30.3 Å². The minimum absolute atomic E-state index is 0.0844. The number of halogens is 6. The van der Waals surface area contributed by atoms with Crippen LogP contribution in [0, 0.1) is 0 Å². The lowest BCUT2D eigenvalue weighted by atomic mass is 10.0. The number of para-hydroxylation sites is 1. The van der Waals surface area contributed by atoms with Gasteiger partial charge in [0.05, 0.1) is 16.7 Å². The molecule has 0 saturated heterocycles.